The molecule has 0 radical (unpaired) electrons. The molecule has 1 rings (SSSR count). The van der Waals surface area contributed by atoms with Crippen LogP contribution in [-0.2, 0) is 6.54 Å². The van der Waals surface area contributed by atoms with E-state index < -0.39 is 0 Å². The number of benzene rings is 1. The third-order valence-corrected chi connectivity index (χ3v) is 2.96. The molecule has 0 N–H and O–H groups in total. The quantitative estimate of drug-likeness (QED) is 0.796. The zero-order valence-corrected chi connectivity index (χ0v) is 11.0. The van der Waals surface area contributed by atoms with Crippen molar-refractivity contribution >= 4 is 0 Å². The average molecular weight is 243 g/mol. The van der Waals surface area contributed by atoms with Crippen LogP contribution in [0.15, 0.2) is 18.2 Å². The summed E-state index contributed by atoms with van der Waals surface area (Å²) in [6.45, 7) is 2.72. The molecule has 1 aromatic rings. The van der Waals surface area contributed by atoms with Gasteiger partial charge in [0.15, 0.2) is 0 Å². The number of ether oxygens (including phenoxy) is 1. The minimum Gasteiger partial charge on any atom is -0.495 e. The molecule has 4 nitrogen and oxygen atoms in total. The lowest BCUT2D eigenvalue weighted by Gasteiger charge is -2.22. The predicted octanol–water partition coefficient (Wildman–Crippen LogP) is 2.30. The molecule has 0 saturated carbocycles. The zero-order chi connectivity index (χ0) is 13.5. The summed E-state index contributed by atoms with van der Waals surface area (Å²) in [5.74, 6) is 0.592. The van der Waals surface area contributed by atoms with Crippen LogP contribution in [0.5, 0.6) is 5.75 Å². The van der Waals surface area contributed by atoms with Crippen molar-refractivity contribution in [2.75, 3.05) is 14.2 Å². The van der Waals surface area contributed by atoms with Crippen LogP contribution in [0.3, 0.4) is 0 Å². The van der Waals surface area contributed by atoms with Gasteiger partial charge in [0.1, 0.15) is 11.8 Å². The third-order valence-electron chi connectivity index (χ3n) is 2.96. The van der Waals surface area contributed by atoms with Gasteiger partial charge in [-0.2, -0.15) is 10.5 Å². The van der Waals surface area contributed by atoms with E-state index in [1.165, 1.54) is 0 Å². The first-order valence-corrected chi connectivity index (χ1v) is 5.76. The highest BCUT2D eigenvalue weighted by atomic mass is 16.5. The molecule has 0 spiro atoms. The Morgan fingerprint density at radius 2 is 2.11 bits per heavy atom. The fourth-order valence-electron chi connectivity index (χ4n) is 1.67. The van der Waals surface area contributed by atoms with Crippen LogP contribution in [0.4, 0.5) is 0 Å². The normalized spacial score (nSPS) is 11.7. The molecule has 0 fully saturated rings. The molecule has 0 aliphatic carbocycles. The summed E-state index contributed by atoms with van der Waals surface area (Å²) in [7, 11) is 3.52. The summed E-state index contributed by atoms with van der Waals surface area (Å²) in [6.07, 6.45) is 0.498. The number of nitriles is 2. The van der Waals surface area contributed by atoms with Crippen LogP contribution in [0, 0.1) is 22.7 Å². The standard InChI is InChI=1S/C14H17N3O/c1-11(6-7-15)17(2)10-12-4-5-14(18-3)13(8-12)9-16/h4-5,8,11H,6,10H2,1-3H3. The van der Waals surface area contributed by atoms with Gasteiger partial charge in [-0.25, -0.2) is 0 Å². The van der Waals surface area contributed by atoms with Crippen molar-refractivity contribution in [2.45, 2.75) is 25.9 Å². The second kappa shape index (κ2) is 6.64. The molecule has 0 amide bonds. The maximum Gasteiger partial charge on any atom is 0.136 e. The summed E-state index contributed by atoms with van der Waals surface area (Å²) in [5.41, 5.74) is 1.58. The maximum absolute atomic E-state index is 9.01. The van der Waals surface area contributed by atoms with Gasteiger partial charge in [0.25, 0.3) is 0 Å². The van der Waals surface area contributed by atoms with Crippen molar-refractivity contribution < 1.29 is 4.74 Å². The highest BCUT2D eigenvalue weighted by molar-refractivity contribution is 5.45. The molecule has 0 aromatic heterocycles. The molecule has 0 aliphatic heterocycles. The third kappa shape index (κ3) is 3.48. The number of nitrogens with zero attached hydrogens (tertiary/aromatic N) is 3. The number of methoxy groups -OCH3 is 1. The van der Waals surface area contributed by atoms with Crippen LogP contribution in [0.1, 0.15) is 24.5 Å². The Bertz CT molecular complexity index is 485. The lowest BCUT2D eigenvalue weighted by molar-refractivity contribution is 0.252. The van der Waals surface area contributed by atoms with Crippen molar-refractivity contribution in [3.05, 3.63) is 29.3 Å². The van der Waals surface area contributed by atoms with Gasteiger partial charge in [-0.3, -0.25) is 4.90 Å². The first-order valence-electron chi connectivity index (χ1n) is 5.76. The van der Waals surface area contributed by atoms with Crippen molar-refractivity contribution in [1.82, 2.24) is 4.90 Å². The number of rotatable bonds is 5. The second-order valence-corrected chi connectivity index (χ2v) is 4.27. The minimum atomic E-state index is 0.197. The van der Waals surface area contributed by atoms with Crippen LogP contribution in [0.25, 0.3) is 0 Å². The van der Waals surface area contributed by atoms with Gasteiger partial charge in [0.2, 0.25) is 0 Å². The monoisotopic (exact) mass is 243 g/mol. The van der Waals surface area contributed by atoms with Gasteiger partial charge in [-0.1, -0.05) is 6.07 Å². The SMILES string of the molecule is COc1ccc(CN(C)C(C)CC#N)cc1C#N. The molecule has 0 heterocycles. The smallest absolute Gasteiger partial charge is 0.136 e. The summed E-state index contributed by atoms with van der Waals surface area (Å²) in [6, 6.07) is 10.0. The molecule has 0 bridgehead atoms. The molecule has 1 aromatic carbocycles. The molecule has 4 heteroatoms. The van der Waals surface area contributed by atoms with E-state index in [1.807, 2.05) is 26.1 Å². The Balaban J connectivity index is 2.80. The molecular formula is C14H17N3O. The van der Waals surface area contributed by atoms with Gasteiger partial charge in [0.05, 0.1) is 25.2 Å². The average Bonchev–Trinajstić information content (AvgIpc) is 2.38. The van der Waals surface area contributed by atoms with E-state index in [4.69, 9.17) is 15.3 Å². The predicted molar refractivity (Wildman–Crippen MR) is 68.9 cm³/mol. The molecule has 94 valence electrons. The molecular weight excluding hydrogens is 226 g/mol. The van der Waals surface area contributed by atoms with Crippen molar-refractivity contribution in [3.8, 4) is 17.9 Å². The second-order valence-electron chi connectivity index (χ2n) is 4.27. The highest BCUT2D eigenvalue weighted by Gasteiger charge is 2.10. The van der Waals surface area contributed by atoms with Crippen LogP contribution >= 0.6 is 0 Å². The first-order chi connectivity index (χ1) is 8.62. The van der Waals surface area contributed by atoms with E-state index in [2.05, 4.69) is 17.0 Å². The molecule has 18 heavy (non-hydrogen) atoms. The van der Waals surface area contributed by atoms with Gasteiger partial charge in [-0.15, -0.1) is 0 Å². The van der Waals surface area contributed by atoms with E-state index in [-0.39, 0.29) is 6.04 Å². The lowest BCUT2D eigenvalue weighted by atomic mass is 10.1. The van der Waals surface area contributed by atoms with Crippen molar-refractivity contribution in [2.24, 2.45) is 0 Å². The largest absolute Gasteiger partial charge is 0.495 e. The Hall–Kier alpha value is -2.04. The molecule has 0 aliphatic rings. The molecule has 1 atom stereocenters. The van der Waals surface area contributed by atoms with Gasteiger partial charge < -0.3 is 4.74 Å². The lowest BCUT2D eigenvalue weighted by Crippen LogP contribution is -2.28. The molecule has 1 unspecified atom stereocenters. The van der Waals surface area contributed by atoms with E-state index in [9.17, 15) is 0 Å². The van der Waals surface area contributed by atoms with Crippen molar-refractivity contribution in [1.29, 1.82) is 10.5 Å². The Morgan fingerprint density at radius 3 is 2.67 bits per heavy atom. The fourth-order valence-corrected chi connectivity index (χ4v) is 1.67. The number of hydrogen-bond acceptors (Lipinski definition) is 4. The van der Waals surface area contributed by atoms with E-state index in [0.717, 1.165) is 5.56 Å². The zero-order valence-electron chi connectivity index (χ0n) is 11.0. The van der Waals surface area contributed by atoms with E-state index in [1.54, 1.807) is 13.2 Å². The highest BCUT2D eigenvalue weighted by Crippen LogP contribution is 2.20. The van der Waals surface area contributed by atoms with Gasteiger partial charge in [-0.05, 0) is 31.7 Å². The van der Waals surface area contributed by atoms with Crippen LogP contribution < -0.4 is 4.74 Å². The summed E-state index contributed by atoms with van der Waals surface area (Å²) < 4.78 is 5.10. The Kier molecular flexibility index (Phi) is 5.17. The van der Waals surface area contributed by atoms with Gasteiger partial charge in [0, 0.05) is 12.6 Å². The Morgan fingerprint density at radius 1 is 1.39 bits per heavy atom. The molecule has 0 saturated heterocycles. The van der Waals surface area contributed by atoms with Crippen molar-refractivity contribution in [3.63, 3.8) is 0 Å². The minimum absolute atomic E-state index is 0.197. The Labute approximate surface area is 108 Å². The van der Waals surface area contributed by atoms with Crippen LogP contribution in [-0.4, -0.2) is 25.1 Å². The van der Waals surface area contributed by atoms with Gasteiger partial charge >= 0.3 is 0 Å². The fraction of sp³-hybridized carbons (Fsp3) is 0.429. The maximum atomic E-state index is 9.01. The van der Waals surface area contributed by atoms with E-state index >= 15 is 0 Å². The summed E-state index contributed by atoms with van der Waals surface area (Å²) in [4.78, 5) is 2.09. The topological polar surface area (TPSA) is 60.0 Å². The van der Waals surface area contributed by atoms with E-state index in [0.29, 0.717) is 24.3 Å². The van der Waals surface area contributed by atoms with Crippen LogP contribution in [0.2, 0.25) is 0 Å². The first kappa shape index (κ1) is 14.0. The summed E-state index contributed by atoms with van der Waals surface area (Å²) in [5, 5.41) is 17.7. The summed E-state index contributed by atoms with van der Waals surface area (Å²) >= 11 is 0. The number of hydrogen-bond donors (Lipinski definition) is 0.